The van der Waals surface area contributed by atoms with Gasteiger partial charge in [-0.2, -0.15) is 8.42 Å². The maximum absolute atomic E-state index is 11.7. The van der Waals surface area contributed by atoms with Crippen molar-refractivity contribution >= 4 is 39.6 Å². The Labute approximate surface area is 126 Å². The van der Waals surface area contributed by atoms with Crippen LogP contribution in [0.15, 0.2) is 18.2 Å². The van der Waals surface area contributed by atoms with Crippen LogP contribution in [0.25, 0.3) is 0 Å². The first-order chi connectivity index (χ1) is 9.60. The molecular formula is C11H13ClN2O6S. The number of nitrogens with one attached hydrogen (secondary N) is 2. The van der Waals surface area contributed by atoms with E-state index >= 15 is 0 Å². The Morgan fingerprint density at radius 1 is 1.33 bits per heavy atom. The van der Waals surface area contributed by atoms with E-state index in [0.29, 0.717) is 0 Å². The monoisotopic (exact) mass is 336 g/mol. The van der Waals surface area contributed by atoms with Crippen molar-refractivity contribution in [2.75, 3.05) is 4.72 Å². The summed E-state index contributed by atoms with van der Waals surface area (Å²) in [5.41, 5.74) is -0.179. The zero-order valence-corrected chi connectivity index (χ0v) is 12.7. The fraction of sp³-hybridized carbons (Fsp3) is 0.273. The number of hydrogen-bond donors (Lipinski definition) is 3. The molecule has 8 nitrogen and oxygen atoms in total. The van der Waals surface area contributed by atoms with Crippen LogP contribution in [-0.2, 0) is 14.9 Å². The van der Waals surface area contributed by atoms with E-state index in [2.05, 4.69) is 4.74 Å². The minimum atomic E-state index is -4.24. The highest BCUT2D eigenvalue weighted by Gasteiger charge is 2.18. The summed E-state index contributed by atoms with van der Waals surface area (Å²) in [4.78, 5) is 22.0. The Hall–Kier alpha value is -2.00. The molecule has 0 aliphatic rings. The largest absolute Gasteiger partial charge is 0.478 e. The maximum Gasteiger partial charge on any atom is 0.422 e. The van der Waals surface area contributed by atoms with Crippen LogP contribution in [0, 0.1) is 0 Å². The number of carboxylic acids is 1. The molecule has 116 valence electrons. The van der Waals surface area contributed by atoms with Crippen LogP contribution >= 0.6 is 11.6 Å². The van der Waals surface area contributed by atoms with Gasteiger partial charge < -0.3 is 9.84 Å². The standard InChI is InChI=1S/C11H13ClN2O6S/c1-6(2)20-11(17)14-21(18,19)13-9-4-3-7(10(15)16)5-8(9)12/h3-6,13H,1-2H3,(H,14,17)(H,15,16). The summed E-state index contributed by atoms with van der Waals surface area (Å²) in [6.07, 6.45) is -1.63. The zero-order valence-electron chi connectivity index (χ0n) is 11.1. The summed E-state index contributed by atoms with van der Waals surface area (Å²) in [7, 11) is -4.24. The van der Waals surface area contributed by atoms with Crippen molar-refractivity contribution in [3.63, 3.8) is 0 Å². The van der Waals surface area contributed by atoms with E-state index in [1.807, 2.05) is 4.72 Å². The molecule has 0 bridgehead atoms. The van der Waals surface area contributed by atoms with Gasteiger partial charge in [0.25, 0.3) is 0 Å². The van der Waals surface area contributed by atoms with Crippen molar-refractivity contribution in [1.29, 1.82) is 0 Å². The van der Waals surface area contributed by atoms with Crippen LogP contribution in [0.3, 0.4) is 0 Å². The number of hydrogen-bond acceptors (Lipinski definition) is 5. The summed E-state index contributed by atoms with van der Waals surface area (Å²) in [5, 5.41) is 8.64. The molecule has 21 heavy (non-hydrogen) atoms. The van der Waals surface area contributed by atoms with Gasteiger partial charge in [0.05, 0.1) is 22.4 Å². The van der Waals surface area contributed by atoms with Gasteiger partial charge in [0.1, 0.15) is 0 Å². The number of anilines is 1. The molecule has 0 heterocycles. The highest BCUT2D eigenvalue weighted by atomic mass is 35.5. The first-order valence-corrected chi connectivity index (χ1v) is 7.51. The van der Waals surface area contributed by atoms with Gasteiger partial charge >= 0.3 is 22.3 Å². The third-order valence-electron chi connectivity index (χ3n) is 2.02. The van der Waals surface area contributed by atoms with Gasteiger partial charge in [0.15, 0.2) is 0 Å². The lowest BCUT2D eigenvalue weighted by Gasteiger charge is -2.12. The van der Waals surface area contributed by atoms with Gasteiger partial charge in [-0.05, 0) is 32.0 Å². The minimum absolute atomic E-state index is 0.0773. The molecule has 0 spiro atoms. The van der Waals surface area contributed by atoms with Gasteiger partial charge in [-0.15, -0.1) is 0 Å². The number of aromatic carboxylic acids is 1. The molecule has 0 aliphatic carbocycles. The molecule has 10 heteroatoms. The van der Waals surface area contributed by atoms with E-state index < -0.39 is 28.4 Å². The summed E-state index contributed by atoms with van der Waals surface area (Å²) >= 11 is 5.77. The second-order valence-electron chi connectivity index (χ2n) is 4.16. The predicted molar refractivity (Wildman–Crippen MR) is 75.7 cm³/mol. The third kappa shape index (κ3) is 5.48. The van der Waals surface area contributed by atoms with Gasteiger partial charge in [0.2, 0.25) is 0 Å². The Morgan fingerprint density at radius 3 is 2.43 bits per heavy atom. The zero-order chi connectivity index (χ0) is 16.2. The molecule has 0 radical (unpaired) electrons. The number of ether oxygens (including phenoxy) is 1. The number of halogens is 1. The minimum Gasteiger partial charge on any atom is -0.478 e. The lowest BCUT2D eigenvalue weighted by molar-refractivity contribution is 0.0696. The SMILES string of the molecule is CC(C)OC(=O)NS(=O)(=O)Nc1ccc(C(=O)O)cc1Cl. The van der Waals surface area contributed by atoms with Crippen molar-refractivity contribution in [2.45, 2.75) is 20.0 Å². The second kappa shape index (κ2) is 6.64. The smallest absolute Gasteiger partial charge is 0.422 e. The van der Waals surface area contributed by atoms with Crippen molar-refractivity contribution in [3.8, 4) is 0 Å². The van der Waals surface area contributed by atoms with Gasteiger partial charge in [0, 0.05) is 0 Å². The van der Waals surface area contributed by atoms with E-state index in [1.165, 1.54) is 12.1 Å². The molecule has 0 aromatic heterocycles. The normalized spacial score (nSPS) is 11.0. The summed E-state index contributed by atoms with van der Waals surface area (Å²) in [5.74, 6) is -1.20. The maximum atomic E-state index is 11.7. The molecule has 1 aromatic carbocycles. The van der Waals surface area contributed by atoms with Gasteiger partial charge in [-0.3, -0.25) is 4.72 Å². The molecule has 0 fully saturated rings. The van der Waals surface area contributed by atoms with Crippen LogP contribution in [-0.4, -0.2) is 31.7 Å². The molecule has 3 N–H and O–H groups in total. The van der Waals surface area contributed by atoms with Gasteiger partial charge in [-0.25, -0.2) is 14.3 Å². The van der Waals surface area contributed by atoms with Crippen LogP contribution < -0.4 is 9.44 Å². The second-order valence-corrected chi connectivity index (χ2v) is 5.98. The van der Waals surface area contributed by atoms with Crippen molar-refractivity contribution in [1.82, 2.24) is 4.72 Å². The Morgan fingerprint density at radius 2 is 1.95 bits per heavy atom. The topological polar surface area (TPSA) is 122 Å². The highest BCUT2D eigenvalue weighted by molar-refractivity contribution is 7.91. The molecule has 1 rings (SSSR count). The van der Waals surface area contributed by atoms with E-state index in [1.54, 1.807) is 18.6 Å². The average Bonchev–Trinajstić information content (AvgIpc) is 2.29. The molecular weight excluding hydrogens is 324 g/mol. The third-order valence-corrected chi connectivity index (χ3v) is 3.26. The number of rotatable bonds is 5. The van der Waals surface area contributed by atoms with E-state index in [9.17, 15) is 18.0 Å². The molecule has 1 amide bonds. The number of benzene rings is 1. The summed E-state index contributed by atoms with van der Waals surface area (Å²) in [6, 6.07) is 3.41. The van der Waals surface area contributed by atoms with E-state index in [-0.39, 0.29) is 16.3 Å². The Balaban J connectivity index is 2.85. The molecule has 0 saturated carbocycles. The number of carboxylic acid groups (broad SMARTS) is 1. The summed E-state index contributed by atoms with van der Waals surface area (Å²) in [6.45, 7) is 3.11. The molecule has 0 atom stereocenters. The van der Waals surface area contributed by atoms with Crippen LogP contribution in [0.2, 0.25) is 5.02 Å². The molecule has 0 aliphatic heterocycles. The molecule has 0 unspecified atom stereocenters. The first-order valence-electron chi connectivity index (χ1n) is 5.64. The quantitative estimate of drug-likeness (QED) is 0.754. The van der Waals surface area contributed by atoms with Crippen LogP contribution in [0.4, 0.5) is 10.5 Å². The van der Waals surface area contributed by atoms with E-state index in [4.69, 9.17) is 16.7 Å². The lowest BCUT2D eigenvalue weighted by atomic mass is 10.2. The Kier molecular flexibility index (Phi) is 5.39. The molecule has 1 aromatic rings. The number of carbonyl (C=O) groups is 2. The van der Waals surface area contributed by atoms with Crippen molar-refractivity contribution < 1.29 is 27.9 Å². The molecule has 0 saturated heterocycles. The van der Waals surface area contributed by atoms with Crippen molar-refractivity contribution in [3.05, 3.63) is 28.8 Å². The van der Waals surface area contributed by atoms with Gasteiger partial charge in [-0.1, -0.05) is 11.6 Å². The van der Waals surface area contributed by atoms with Crippen LogP contribution in [0.5, 0.6) is 0 Å². The fourth-order valence-corrected chi connectivity index (χ4v) is 2.32. The number of amides is 1. The number of carbonyl (C=O) groups excluding carboxylic acids is 1. The predicted octanol–water partition coefficient (Wildman–Crippen LogP) is 1.83. The average molecular weight is 337 g/mol. The lowest BCUT2D eigenvalue weighted by Crippen LogP contribution is -2.36. The Bertz CT molecular complexity index is 659. The highest BCUT2D eigenvalue weighted by Crippen LogP contribution is 2.23. The van der Waals surface area contributed by atoms with E-state index in [0.717, 1.165) is 6.07 Å². The summed E-state index contributed by atoms with van der Waals surface area (Å²) < 4.78 is 31.6. The van der Waals surface area contributed by atoms with Crippen molar-refractivity contribution in [2.24, 2.45) is 0 Å². The first kappa shape index (κ1) is 17.1. The van der Waals surface area contributed by atoms with Crippen LogP contribution in [0.1, 0.15) is 24.2 Å². The fourth-order valence-electron chi connectivity index (χ4n) is 1.25.